The molecular formula is C60H71ClF3N9O6. The van der Waals surface area contributed by atoms with Gasteiger partial charge in [-0.3, -0.25) is 9.80 Å². The van der Waals surface area contributed by atoms with E-state index in [1.807, 2.05) is 71.6 Å². The molecule has 4 aliphatic heterocycles. The first-order chi connectivity index (χ1) is 38.3. The van der Waals surface area contributed by atoms with E-state index >= 15 is 0 Å². The number of carbonyl (C=O) groups excluding carboxylic acids is 3. The summed E-state index contributed by atoms with van der Waals surface area (Å²) in [4.78, 5) is 48.3. The minimum atomic E-state index is -4.43. The highest BCUT2D eigenvalue weighted by atomic mass is 35.5. The number of carbonyl (C=O) groups is 3. The first-order valence-electron chi connectivity index (χ1n) is 27.1. The molecule has 1 aromatic heterocycles. The zero-order chi connectivity index (χ0) is 55.4. The zero-order valence-corrected chi connectivity index (χ0v) is 45.4. The van der Waals surface area contributed by atoms with Crippen molar-refractivity contribution in [3.8, 4) is 11.5 Å². The van der Waals surface area contributed by atoms with E-state index in [-0.39, 0.29) is 35.9 Å². The molecule has 15 nitrogen and oxygen atoms in total. The van der Waals surface area contributed by atoms with Gasteiger partial charge in [0.25, 0.3) is 0 Å². The standard InChI is InChI=1S/C26H29N3O4.C19H20F3N3O.C15H22ClN3O/c30-26(27-21-8-9-24-25(17-21)33-16-15-32-24)29(19-23-7-4-14-31-23)22-10-12-28(13-11-22)18-20-5-2-1-3-6-20;20-19(21,22)16-7-4-8-17(13-16)23-18(26)25-11-9-24(10-12-25)14-15-5-2-1-3-6-15;1-2-8-19-9-6-13(7-10-19)17-15(20)18-14-5-3-4-12(16)11-14/h1-9,14,17,22H,10-13,15-16,18-19H2,(H,27,30);1-8,13H,9-12,14H2,(H,23,26);3-5,11,13H,2,6-10H2,1H3,(H2,17,18,20). The Labute approximate surface area is 465 Å². The number of ether oxygens (including phenoxy) is 2. The van der Waals surface area contributed by atoms with Crippen LogP contribution in [-0.2, 0) is 25.8 Å². The molecule has 4 aliphatic rings. The minimum Gasteiger partial charge on any atom is -0.486 e. The monoisotopic (exact) mass is 1110 g/mol. The van der Waals surface area contributed by atoms with Crippen molar-refractivity contribution in [1.82, 2.24) is 29.8 Å². The quantitative estimate of drug-likeness (QED) is 0.0887. The third-order valence-corrected chi connectivity index (χ3v) is 14.3. The third kappa shape index (κ3) is 18.4. The van der Waals surface area contributed by atoms with Crippen molar-refractivity contribution in [1.29, 1.82) is 0 Å². The molecular weight excluding hydrogens is 1040 g/mol. The molecule has 3 fully saturated rings. The van der Waals surface area contributed by atoms with Crippen LogP contribution < -0.4 is 30.7 Å². The molecule has 5 aromatic carbocycles. The number of hydrogen-bond acceptors (Lipinski definition) is 9. The van der Waals surface area contributed by atoms with E-state index in [1.54, 1.807) is 23.3 Å². The third-order valence-electron chi connectivity index (χ3n) is 14.1. The van der Waals surface area contributed by atoms with Gasteiger partial charge in [-0.2, -0.15) is 13.2 Å². The average molecular weight is 1110 g/mol. The average Bonchev–Trinajstić information content (AvgIpc) is 3.98. The first kappa shape index (κ1) is 57.9. The number of urea groups is 3. The Kier molecular flexibility index (Phi) is 21.3. The molecule has 6 aromatic rings. The number of nitrogens with one attached hydrogen (secondary N) is 4. The number of amides is 6. The van der Waals surface area contributed by atoms with Gasteiger partial charge in [-0.25, -0.2) is 14.4 Å². The Morgan fingerprint density at radius 1 is 0.620 bits per heavy atom. The van der Waals surface area contributed by atoms with E-state index < -0.39 is 11.7 Å². The van der Waals surface area contributed by atoms with Crippen LogP contribution in [0.4, 0.5) is 44.6 Å². The number of rotatable bonds is 13. The summed E-state index contributed by atoms with van der Waals surface area (Å²) in [7, 11) is 0. The lowest BCUT2D eigenvalue weighted by Crippen LogP contribution is -2.49. The predicted octanol–water partition coefficient (Wildman–Crippen LogP) is 12.1. The Hall–Kier alpha value is -7.25. The van der Waals surface area contributed by atoms with E-state index in [2.05, 4.69) is 79.3 Å². The van der Waals surface area contributed by atoms with E-state index in [0.29, 0.717) is 55.1 Å². The maximum absolute atomic E-state index is 13.4. The van der Waals surface area contributed by atoms with Crippen molar-refractivity contribution in [2.24, 2.45) is 0 Å². The molecule has 0 bridgehead atoms. The van der Waals surface area contributed by atoms with Gasteiger partial charge in [-0.15, -0.1) is 0 Å². The Bertz CT molecular complexity index is 2830. The summed E-state index contributed by atoms with van der Waals surface area (Å²) in [6, 6.07) is 41.5. The largest absolute Gasteiger partial charge is 0.486 e. The second-order valence-corrected chi connectivity index (χ2v) is 20.4. The van der Waals surface area contributed by atoms with Gasteiger partial charge in [-0.1, -0.05) is 91.3 Å². The van der Waals surface area contributed by atoms with Crippen LogP contribution in [0.5, 0.6) is 11.5 Å². The number of piperidine rings is 2. The summed E-state index contributed by atoms with van der Waals surface area (Å²) >= 11 is 5.89. The Morgan fingerprint density at radius 3 is 1.85 bits per heavy atom. The first-order valence-corrected chi connectivity index (χ1v) is 27.5. The fraction of sp³-hybridized carbons (Fsp3) is 0.383. The van der Waals surface area contributed by atoms with Gasteiger partial charge in [0.1, 0.15) is 19.0 Å². The summed E-state index contributed by atoms with van der Waals surface area (Å²) in [6.45, 7) is 13.2. The van der Waals surface area contributed by atoms with Crippen LogP contribution in [0.3, 0.4) is 0 Å². The molecule has 10 rings (SSSR count). The lowest BCUT2D eigenvalue weighted by molar-refractivity contribution is -0.137. The topological polar surface area (TPSA) is 147 Å². The molecule has 79 heavy (non-hydrogen) atoms. The fourth-order valence-electron chi connectivity index (χ4n) is 9.95. The highest BCUT2D eigenvalue weighted by molar-refractivity contribution is 6.30. The molecule has 6 amide bonds. The van der Waals surface area contributed by atoms with Gasteiger partial charge in [0.05, 0.1) is 18.4 Å². The van der Waals surface area contributed by atoms with Crippen molar-refractivity contribution in [3.05, 3.63) is 173 Å². The van der Waals surface area contributed by atoms with Crippen LogP contribution in [0.25, 0.3) is 0 Å². The molecule has 0 spiro atoms. The van der Waals surface area contributed by atoms with Crippen LogP contribution in [-0.4, -0.2) is 127 Å². The van der Waals surface area contributed by atoms with Crippen molar-refractivity contribution in [2.45, 2.75) is 76.9 Å². The second kappa shape index (κ2) is 29.1. The molecule has 4 N–H and O–H groups in total. The predicted molar refractivity (Wildman–Crippen MR) is 303 cm³/mol. The summed E-state index contributed by atoms with van der Waals surface area (Å²) in [5, 5.41) is 12.1. The number of likely N-dealkylation sites (tertiary alicyclic amines) is 2. The molecule has 0 unspecified atom stereocenters. The maximum atomic E-state index is 13.4. The van der Waals surface area contributed by atoms with Crippen LogP contribution in [0.15, 0.2) is 150 Å². The summed E-state index contributed by atoms with van der Waals surface area (Å²) in [5.74, 6) is 2.14. The normalized spacial score (nSPS) is 16.3. The summed E-state index contributed by atoms with van der Waals surface area (Å²) < 4.78 is 55.1. The zero-order valence-electron chi connectivity index (χ0n) is 44.6. The lowest BCUT2D eigenvalue weighted by atomic mass is 10.0. The number of hydrogen-bond donors (Lipinski definition) is 4. The molecule has 3 saturated heterocycles. The number of benzene rings is 5. The van der Waals surface area contributed by atoms with E-state index in [0.717, 1.165) is 108 Å². The van der Waals surface area contributed by atoms with E-state index in [4.69, 9.17) is 25.5 Å². The number of furan rings is 1. The Balaban J connectivity index is 0.000000161. The van der Waals surface area contributed by atoms with Crippen LogP contribution in [0.2, 0.25) is 5.02 Å². The number of nitrogens with zero attached hydrogens (tertiary/aromatic N) is 5. The summed E-state index contributed by atoms with van der Waals surface area (Å²) in [5.41, 5.74) is 3.32. The van der Waals surface area contributed by atoms with Gasteiger partial charge < -0.3 is 49.9 Å². The Morgan fingerprint density at radius 2 is 1.23 bits per heavy atom. The SMILES string of the molecule is CCCN1CCC(NC(=O)Nc2cccc(Cl)c2)CC1.O=C(Nc1ccc2c(c1)OCCO2)N(Cc1ccco1)C1CCN(Cc2ccccc2)CC1.O=C(Nc1cccc(C(F)(F)F)c1)N1CCN(Cc2ccccc2)CC1. The molecule has 0 saturated carbocycles. The molecule has 420 valence electrons. The molecule has 5 heterocycles. The highest BCUT2D eigenvalue weighted by Crippen LogP contribution is 2.34. The minimum absolute atomic E-state index is 0.135. The van der Waals surface area contributed by atoms with Gasteiger partial charge in [0.2, 0.25) is 0 Å². The van der Waals surface area contributed by atoms with Crippen molar-refractivity contribution in [3.63, 3.8) is 0 Å². The second-order valence-electron chi connectivity index (χ2n) is 20.0. The molecule has 19 heteroatoms. The van der Waals surface area contributed by atoms with Gasteiger partial charge >= 0.3 is 24.3 Å². The van der Waals surface area contributed by atoms with Gasteiger partial charge in [-0.05, 0) is 110 Å². The smallest absolute Gasteiger partial charge is 0.416 e. The number of anilines is 3. The molecule has 0 radical (unpaired) electrons. The van der Waals surface area contributed by atoms with E-state index in [9.17, 15) is 27.6 Å². The molecule has 0 atom stereocenters. The van der Waals surface area contributed by atoms with Gasteiger partial charge in [0, 0.05) is 106 Å². The summed E-state index contributed by atoms with van der Waals surface area (Å²) in [6.07, 6.45) is 2.28. The highest BCUT2D eigenvalue weighted by Gasteiger charge is 2.32. The lowest BCUT2D eigenvalue weighted by Gasteiger charge is -2.38. The van der Waals surface area contributed by atoms with Crippen molar-refractivity contribution in [2.75, 3.05) is 88.1 Å². The number of halogens is 4. The van der Waals surface area contributed by atoms with Gasteiger partial charge in [0.15, 0.2) is 11.5 Å². The van der Waals surface area contributed by atoms with Crippen molar-refractivity contribution < 1.29 is 41.4 Å². The van der Waals surface area contributed by atoms with Crippen molar-refractivity contribution >= 4 is 46.8 Å². The fourth-order valence-corrected chi connectivity index (χ4v) is 10.1. The van der Waals surface area contributed by atoms with Crippen LogP contribution >= 0.6 is 11.6 Å². The number of fused-ring (bicyclic) bond motifs is 1. The van der Waals surface area contributed by atoms with E-state index in [1.165, 1.54) is 29.7 Å². The van der Waals surface area contributed by atoms with Crippen LogP contribution in [0.1, 0.15) is 61.5 Å². The maximum Gasteiger partial charge on any atom is 0.416 e. The molecule has 0 aliphatic carbocycles. The number of alkyl halides is 3. The number of piperazine rings is 1. The van der Waals surface area contributed by atoms with Crippen LogP contribution in [0, 0.1) is 0 Å².